The Morgan fingerprint density at radius 1 is 1.19 bits per heavy atom. The summed E-state index contributed by atoms with van der Waals surface area (Å²) in [6.07, 6.45) is 0.815. The predicted octanol–water partition coefficient (Wildman–Crippen LogP) is 3.90. The summed E-state index contributed by atoms with van der Waals surface area (Å²) in [7, 11) is 0. The second kappa shape index (κ2) is 7.95. The molecule has 0 atom stereocenters. The Kier molecular flexibility index (Phi) is 5.66. The van der Waals surface area contributed by atoms with Gasteiger partial charge in [-0.1, -0.05) is 35.3 Å². The van der Waals surface area contributed by atoms with E-state index in [9.17, 15) is 9.59 Å². The maximum absolute atomic E-state index is 12.3. The van der Waals surface area contributed by atoms with Crippen LogP contribution in [0.2, 0.25) is 10.0 Å². The zero-order valence-corrected chi connectivity index (χ0v) is 15.1. The van der Waals surface area contributed by atoms with Crippen molar-refractivity contribution < 1.29 is 24.3 Å². The van der Waals surface area contributed by atoms with Crippen molar-refractivity contribution in [2.45, 2.75) is 6.42 Å². The number of carboxylic acids is 1. The molecule has 1 fully saturated rings. The molecule has 1 aliphatic rings. The first-order valence-corrected chi connectivity index (χ1v) is 8.60. The van der Waals surface area contributed by atoms with Crippen LogP contribution in [0.3, 0.4) is 0 Å². The fourth-order valence-corrected chi connectivity index (χ4v) is 3.15. The van der Waals surface area contributed by atoms with Gasteiger partial charge in [-0.3, -0.25) is 9.63 Å². The minimum Gasteiger partial charge on any atom is -0.480 e. The topological polar surface area (TPSA) is 76.1 Å². The average Bonchev–Trinajstić information content (AvgIpc) is 3.14. The molecule has 6 nitrogen and oxygen atoms in total. The van der Waals surface area contributed by atoms with Crippen molar-refractivity contribution in [2.24, 2.45) is 0 Å². The second-order valence-corrected chi connectivity index (χ2v) is 6.46. The van der Waals surface area contributed by atoms with Gasteiger partial charge in [0.2, 0.25) is 0 Å². The molecule has 136 valence electrons. The van der Waals surface area contributed by atoms with Gasteiger partial charge in [-0.2, -0.15) is 0 Å². The molecule has 1 N–H and O–H groups in total. The van der Waals surface area contributed by atoms with E-state index in [2.05, 4.69) is 0 Å². The molecule has 0 spiro atoms. The van der Waals surface area contributed by atoms with Gasteiger partial charge in [0.05, 0.1) is 18.2 Å². The highest BCUT2D eigenvalue weighted by molar-refractivity contribution is 6.36. The lowest BCUT2D eigenvalue weighted by molar-refractivity contribution is -0.139. The molecule has 0 aromatic heterocycles. The molecule has 3 rings (SSSR count). The smallest absolute Gasteiger partial charge is 0.341 e. The highest BCUT2D eigenvalue weighted by Crippen LogP contribution is 2.39. The normalized spacial score (nSPS) is 13.7. The average molecular weight is 396 g/mol. The first kappa shape index (κ1) is 18.5. The predicted molar refractivity (Wildman–Crippen MR) is 96.6 cm³/mol. The van der Waals surface area contributed by atoms with Crippen molar-refractivity contribution in [2.75, 3.05) is 19.8 Å². The standard InChI is InChI=1S/C18H15Cl2NO5/c19-13-8-14(17(15(20)9-13)25-10-16(22)23)11-2-4-12(5-3-11)18(24)21-6-1-7-26-21/h2-5,8-9H,1,6-7,10H2,(H,22,23). The molecule has 1 aliphatic heterocycles. The lowest BCUT2D eigenvalue weighted by atomic mass is 10.0. The Balaban J connectivity index is 1.90. The fraction of sp³-hybridized carbons (Fsp3) is 0.222. The first-order valence-electron chi connectivity index (χ1n) is 7.84. The van der Waals surface area contributed by atoms with Crippen molar-refractivity contribution in [1.29, 1.82) is 0 Å². The summed E-state index contributed by atoms with van der Waals surface area (Å²) in [6, 6.07) is 9.87. The van der Waals surface area contributed by atoms with Gasteiger partial charge in [-0.05, 0) is 36.2 Å². The van der Waals surface area contributed by atoms with Crippen LogP contribution in [0.1, 0.15) is 16.8 Å². The number of halogens is 2. The SMILES string of the molecule is O=C(O)COc1c(Cl)cc(Cl)cc1-c1ccc(C(=O)N2CCCO2)cc1. The maximum Gasteiger partial charge on any atom is 0.341 e. The van der Waals surface area contributed by atoms with Crippen molar-refractivity contribution in [3.05, 3.63) is 52.0 Å². The van der Waals surface area contributed by atoms with Gasteiger partial charge in [0.1, 0.15) is 5.75 Å². The lowest BCUT2D eigenvalue weighted by Crippen LogP contribution is -2.26. The number of hydrogen-bond donors (Lipinski definition) is 1. The zero-order valence-electron chi connectivity index (χ0n) is 13.6. The fourth-order valence-electron chi connectivity index (χ4n) is 2.60. The van der Waals surface area contributed by atoms with E-state index < -0.39 is 12.6 Å². The van der Waals surface area contributed by atoms with E-state index in [-0.39, 0.29) is 16.7 Å². The molecular weight excluding hydrogens is 381 g/mol. The van der Waals surface area contributed by atoms with Crippen LogP contribution < -0.4 is 4.74 Å². The van der Waals surface area contributed by atoms with Crippen molar-refractivity contribution in [3.8, 4) is 16.9 Å². The molecule has 2 aromatic rings. The molecule has 0 saturated carbocycles. The van der Waals surface area contributed by atoms with Crippen LogP contribution in [0.5, 0.6) is 5.75 Å². The molecule has 1 heterocycles. The van der Waals surface area contributed by atoms with Crippen molar-refractivity contribution in [3.63, 3.8) is 0 Å². The largest absolute Gasteiger partial charge is 0.480 e. The van der Waals surface area contributed by atoms with Crippen LogP contribution in [0.25, 0.3) is 11.1 Å². The van der Waals surface area contributed by atoms with E-state index in [1.165, 1.54) is 11.1 Å². The minimum atomic E-state index is -1.12. The summed E-state index contributed by atoms with van der Waals surface area (Å²) in [5, 5.41) is 10.8. The molecule has 26 heavy (non-hydrogen) atoms. The third kappa shape index (κ3) is 4.09. The molecule has 0 radical (unpaired) electrons. The number of benzene rings is 2. The van der Waals surface area contributed by atoms with E-state index >= 15 is 0 Å². The highest BCUT2D eigenvalue weighted by Gasteiger charge is 2.21. The summed E-state index contributed by atoms with van der Waals surface area (Å²) < 4.78 is 5.31. The summed E-state index contributed by atoms with van der Waals surface area (Å²) in [5.41, 5.74) is 1.71. The third-order valence-electron chi connectivity index (χ3n) is 3.77. The van der Waals surface area contributed by atoms with Gasteiger partial charge < -0.3 is 9.84 Å². The number of carboxylic acid groups (broad SMARTS) is 1. The van der Waals surface area contributed by atoms with Gasteiger partial charge in [0.25, 0.3) is 5.91 Å². The summed E-state index contributed by atoms with van der Waals surface area (Å²) in [5.74, 6) is -1.10. The number of carbonyl (C=O) groups excluding carboxylic acids is 1. The lowest BCUT2D eigenvalue weighted by Gasteiger charge is -2.15. The monoisotopic (exact) mass is 395 g/mol. The van der Waals surface area contributed by atoms with Crippen LogP contribution in [-0.2, 0) is 9.63 Å². The van der Waals surface area contributed by atoms with Crippen LogP contribution in [0.15, 0.2) is 36.4 Å². The van der Waals surface area contributed by atoms with Gasteiger partial charge >= 0.3 is 5.97 Å². The van der Waals surface area contributed by atoms with E-state index in [1.807, 2.05) is 0 Å². The molecule has 0 bridgehead atoms. The Morgan fingerprint density at radius 3 is 2.54 bits per heavy atom. The van der Waals surface area contributed by atoms with Gasteiger partial charge in [-0.25, -0.2) is 9.86 Å². The molecule has 0 unspecified atom stereocenters. The van der Waals surface area contributed by atoms with Crippen molar-refractivity contribution in [1.82, 2.24) is 5.06 Å². The van der Waals surface area contributed by atoms with E-state index in [1.54, 1.807) is 30.3 Å². The number of amides is 1. The maximum atomic E-state index is 12.3. The number of nitrogens with zero attached hydrogens (tertiary/aromatic N) is 1. The molecular formula is C18H15Cl2NO5. The number of rotatable bonds is 5. The number of hydroxylamine groups is 2. The molecule has 1 amide bonds. The minimum absolute atomic E-state index is 0.208. The number of carbonyl (C=O) groups is 2. The van der Waals surface area contributed by atoms with Crippen LogP contribution in [0.4, 0.5) is 0 Å². The Morgan fingerprint density at radius 2 is 1.92 bits per heavy atom. The molecule has 0 aliphatic carbocycles. The Hall–Kier alpha value is -2.28. The molecule has 8 heteroatoms. The quantitative estimate of drug-likeness (QED) is 0.830. The molecule has 2 aromatic carbocycles. The number of ether oxygens (including phenoxy) is 1. The van der Waals surface area contributed by atoms with Crippen molar-refractivity contribution >= 4 is 35.1 Å². The van der Waals surface area contributed by atoms with Crippen LogP contribution >= 0.6 is 23.2 Å². The van der Waals surface area contributed by atoms with Gasteiger partial charge in [-0.15, -0.1) is 0 Å². The zero-order chi connectivity index (χ0) is 18.7. The summed E-state index contributed by atoms with van der Waals surface area (Å²) in [6.45, 7) is 0.573. The Bertz CT molecular complexity index is 832. The van der Waals surface area contributed by atoms with Gasteiger partial charge in [0, 0.05) is 16.1 Å². The van der Waals surface area contributed by atoms with Crippen LogP contribution in [0, 0.1) is 0 Å². The van der Waals surface area contributed by atoms with E-state index in [4.69, 9.17) is 37.9 Å². The van der Waals surface area contributed by atoms with Crippen LogP contribution in [-0.4, -0.2) is 41.8 Å². The second-order valence-electron chi connectivity index (χ2n) is 5.62. The van der Waals surface area contributed by atoms with E-state index in [0.29, 0.717) is 34.9 Å². The van der Waals surface area contributed by atoms with E-state index in [0.717, 1.165) is 6.42 Å². The van der Waals surface area contributed by atoms with Gasteiger partial charge in [0.15, 0.2) is 6.61 Å². The highest BCUT2D eigenvalue weighted by atomic mass is 35.5. The third-order valence-corrected chi connectivity index (χ3v) is 4.27. The number of hydrogen-bond acceptors (Lipinski definition) is 4. The summed E-state index contributed by atoms with van der Waals surface area (Å²) >= 11 is 12.2. The number of aliphatic carboxylic acids is 1. The first-order chi connectivity index (χ1) is 12.5. The summed E-state index contributed by atoms with van der Waals surface area (Å²) in [4.78, 5) is 28.4. The molecule has 1 saturated heterocycles. The Labute approximate surface area is 159 Å².